The molecular formula is C52H105N2O6P. The summed E-state index contributed by atoms with van der Waals surface area (Å²) in [5, 5.41) is 13.9. The Balaban J connectivity index is 4.26. The summed E-state index contributed by atoms with van der Waals surface area (Å²) in [7, 11) is 1.28. The standard InChI is InChI=1S/C52H105N2O6P/c1-6-8-10-12-14-16-18-20-22-24-26-27-28-29-31-33-35-37-39-41-43-45-51(55)50(49-60-61(57,58)59-48-47-54(3,4)5)53-52(56)46-44-42-40-38-36-34-32-30-25-23-21-19-17-15-13-11-9-7-2/h43,45,50-51,55H,6-42,44,46-49H2,1-5H3,(H-,53,56,57,58)/b45-43+. The average Bonchev–Trinajstić information content (AvgIpc) is 3.21. The van der Waals surface area contributed by atoms with Gasteiger partial charge in [0.1, 0.15) is 13.2 Å². The minimum atomic E-state index is -4.59. The van der Waals surface area contributed by atoms with Gasteiger partial charge in [-0.1, -0.05) is 251 Å². The molecule has 0 aliphatic heterocycles. The molecule has 61 heavy (non-hydrogen) atoms. The molecule has 0 fully saturated rings. The Hall–Kier alpha value is -0.760. The number of aliphatic hydroxyl groups excluding tert-OH is 1. The van der Waals surface area contributed by atoms with Gasteiger partial charge in [0.25, 0.3) is 7.82 Å². The smallest absolute Gasteiger partial charge is 0.268 e. The van der Waals surface area contributed by atoms with E-state index in [4.69, 9.17) is 9.05 Å². The number of phosphoric ester groups is 1. The molecule has 0 spiro atoms. The van der Waals surface area contributed by atoms with Crippen LogP contribution < -0.4 is 10.2 Å². The number of rotatable bonds is 49. The second kappa shape index (κ2) is 44.4. The van der Waals surface area contributed by atoms with E-state index in [2.05, 4.69) is 19.2 Å². The van der Waals surface area contributed by atoms with E-state index in [-0.39, 0.29) is 19.1 Å². The minimum absolute atomic E-state index is 0.00254. The number of nitrogens with one attached hydrogen (secondary N) is 1. The summed E-state index contributed by atoms with van der Waals surface area (Å²) >= 11 is 0. The van der Waals surface area contributed by atoms with E-state index < -0.39 is 20.0 Å². The molecule has 0 aromatic rings. The molecule has 2 N–H and O–H groups in total. The molecule has 9 heteroatoms. The molecule has 0 aromatic carbocycles. The number of quaternary nitrogens is 1. The van der Waals surface area contributed by atoms with E-state index in [1.807, 2.05) is 27.2 Å². The van der Waals surface area contributed by atoms with Crippen molar-refractivity contribution in [2.75, 3.05) is 40.9 Å². The minimum Gasteiger partial charge on any atom is -0.756 e. The van der Waals surface area contributed by atoms with Gasteiger partial charge < -0.3 is 28.8 Å². The number of likely N-dealkylation sites (N-methyl/N-ethyl adjacent to an activating group) is 1. The Morgan fingerprint density at radius 1 is 0.557 bits per heavy atom. The zero-order valence-electron chi connectivity index (χ0n) is 41.4. The first-order valence-electron chi connectivity index (χ1n) is 26.6. The lowest BCUT2D eigenvalue weighted by Gasteiger charge is -2.29. The number of phosphoric acid groups is 1. The van der Waals surface area contributed by atoms with Crippen molar-refractivity contribution in [2.45, 2.75) is 276 Å². The molecule has 8 nitrogen and oxygen atoms in total. The van der Waals surface area contributed by atoms with Crippen molar-refractivity contribution in [3.8, 4) is 0 Å². The number of amides is 1. The number of hydrogen-bond acceptors (Lipinski definition) is 6. The third kappa shape index (κ3) is 47.0. The predicted molar refractivity (Wildman–Crippen MR) is 261 cm³/mol. The van der Waals surface area contributed by atoms with E-state index in [1.54, 1.807) is 6.08 Å². The fraction of sp³-hybridized carbons (Fsp3) is 0.942. The topological polar surface area (TPSA) is 108 Å². The number of carbonyl (C=O) groups is 1. The highest BCUT2D eigenvalue weighted by Gasteiger charge is 2.23. The molecular weight excluding hydrogens is 780 g/mol. The molecule has 0 saturated carbocycles. The van der Waals surface area contributed by atoms with Gasteiger partial charge in [-0.2, -0.15) is 0 Å². The molecule has 0 heterocycles. The van der Waals surface area contributed by atoms with Crippen LogP contribution in [0.4, 0.5) is 0 Å². The maximum Gasteiger partial charge on any atom is 0.268 e. The molecule has 0 bridgehead atoms. The van der Waals surface area contributed by atoms with Gasteiger partial charge in [0.05, 0.1) is 39.9 Å². The highest BCUT2D eigenvalue weighted by atomic mass is 31.2. The molecule has 0 rings (SSSR count). The average molecular weight is 885 g/mol. The van der Waals surface area contributed by atoms with Gasteiger partial charge in [-0.15, -0.1) is 0 Å². The van der Waals surface area contributed by atoms with Crippen LogP contribution in [0.1, 0.15) is 264 Å². The fourth-order valence-electron chi connectivity index (χ4n) is 8.04. The van der Waals surface area contributed by atoms with Gasteiger partial charge in [0, 0.05) is 6.42 Å². The van der Waals surface area contributed by atoms with Crippen LogP contribution in [0.25, 0.3) is 0 Å². The first-order valence-corrected chi connectivity index (χ1v) is 28.0. The van der Waals surface area contributed by atoms with Gasteiger partial charge in [-0.3, -0.25) is 9.36 Å². The Morgan fingerprint density at radius 2 is 0.885 bits per heavy atom. The summed E-state index contributed by atoms with van der Waals surface area (Å²) in [6, 6.07) is -0.881. The Labute approximate surface area is 380 Å². The number of allylic oxidation sites excluding steroid dienone is 1. The van der Waals surface area contributed by atoms with Crippen molar-refractivity contribution >= 4 is 13.7 Å². The van der Waals surface area contributed by atoms with Crippen LogP contribution in [-0.2, 0) is 18.4 Å². The summed E-state index contributed by atoms with van der Waals surface area (Å²) in [5.41, 5.74) is 0. The second-order valence-electron chi connectivity index (χ2n) is 19.6. The maximum atomic E-state index is 12.9. The highest BCUT2D eigenvalue weighted by molar-refractivity contribution is 7.45. The zero-order chi connectivity index (χ0) is 45.0. The van der Waals surface area contributed by atoms with Crippen molar-refractivity contribution in [1.82, 2.24) is 5.32 Å². The summed E-state index contributed by atoms with van der Waals surface area (Å²) in [4.78, 5) is 25.4. The second-order valence-corrected chi connectivity index (χ2v) is 21.0. The van der Waals surface area contributed by atoms with Crippen LogP contribution in [0.5, 0.6) is 0 Å². The van der Waals surface area contributed by atoms with Crippen LogP contribution >= 0.6 is 7.82 Å². The van der Waals surface area contributed by atoms with Gasteiger partial charge in [-0.05, 0) is 19.3 Å². The van der Waals surface area contributed by atoms with E-state index in [0.29, 0.717) is 17.4 Å². The first kappa shape index (κ1) is 60.2. The molecule has 0 saturated heterocycles. The number of aliphatic hydroxyl groups is 1. The highest BCUT2D eigenvalue weighted by Crippen LogP contribution is 2.38. The van der Waals surface area contributed by atoms with Crippen LogP contribution in [-0.4, -0.2) is 68.5 Å². The van der Waals surface area contributed by atoms with Gasteiger partial charge in [0.15, 0.2) is 0 Å². The first-order chi connectivity index (χ1) is 29.5. The fourth-order valence-corrected chi connectivity index (χ4v) is 8.76. The molecule has 0 aliphatic carbocycles. The zero-order valence-corrected chi connectivity index (χ0v) is 42.3. The number of carbonyl (C=O) groups excluding carboxylic acids is 1. The molecule has 0 radical (unpaired) electrons. The summed E-state index contributed by atoms with van der Waals surface area (Å²) in [5.74, 6) is -0.192. The number of nitrogens with zero attached hydrogens (tertiary/aromatic N) is 1. The number of hydrogen-bond donors (Lipinski definition) is 2. The third-order valence-corrected chi connectivity index (χ3v) is 13.2. The van der Waals surface area contributed by atoms with Crippen molar-refractivity contribution in [1.29, 1.82) is 0 Å². The molecule has 364 valence electrons. The Morgan fingerprint density at radius 3 is 1.23 bits per heavy atom. The number of unbranched alkanes of at least 4 members (excludes halogenated alkanes) is 36. The quantitative estimate of drug-likeness (QED) is 0.0273. The van der Waals surface area contributed by atoms with Crippen LogP contribution in [0.2, 0.25) is 0 Å². The monoisotopic (exact) mass is 885 g/mol. The molecule has 3 unspecified atom stereocenters. The summed E-state index contributed by atoms with van der Waals surface area (Å²) in [6.07, 6.45) is 52.7. The summed E-state index contributed by atoms with van der Waals surface area (Å²) in [6.45, 7) is 4.69. The Bertz CT molecular complexity index is 1000. The molecule has 1 amide bonds. The van der Waals surface area contributed by atoms with E-state index in [0.717, 1.165) is 38.5 Å². The van der Waals surface area contributed by atoms with E-state index in [9.17, 15) is 19.4 Å². The van der Waals surface area contributed by atoms with E-state index in [1.165, 1.54) is 205 Å². The van der Waals surface area contributed by atoms with Crippen LogP contribution in [0.15, 0.2) is 12.2 Å². The normalized spacial score (nSPS) is 14.1. The van der Waals surface area contributed by atoms with Crippen molar-refractivity contribution in [3.63, 3.8) is 0 Å². The largest absolute Gasteiger partial charge is 0.756 e. The van der Waals surface area contributed by atoms with E-state index >= 15 is 0 Å². The molecule has 0 aromatic heterocycles. The SMILES string of the molecule is CCCCCCCCCCCCCCCCCCCCC/C=C/C(O)C(COP(=O)([O-])OCC[N+](C)(C)C)NC(=O)CCCCCCCCCCCCCCCCCCCC. The van der Waals surface area contributed by atoms with Crippen molar-refractivity contribution in [2.24, 2.45) is 0 Å². The van der Waals surface area contributed by atoms with Crippen molar-refractivity contribution < 1.29 is 32.9 Å². The predicted octanol–water partition coefficient (Wildman–Crippen LogP) is 14.8. The van der Waals surface area contributed by atoms with Gasteiger partial charge >= 0.3 is 0 Å². The van der Waals surface area contributed by atoms with Gasteiger partial charge in [-0.25, -0.2) is 0 Å². The molecule has 3 atom stereocenters. The summed E-state index contributed by atoms with van der Waals surface area (Å²) < 4.78 is 23.3. The Kier molecular flexibility index (Phi) is 43.9. The maximum absolute atomic E-state index is 12.9. The lowest BCUT2D eigenvalue weighted by molar-refractivity contribution is -0.870. The third-order valence-electron chi connectivity index (χ3n) is 12.2. The lowest BCUT2D eigenvalue weighted by Crippen LogP contribution is -2.45. The van der Waals surface area contributed by atoms with Gasteiger partial charge in [0.2, 0.25) is 5.91 Å². The van der Waals surface area contributed by atoms with Crippen molar-refractivity contribution in [3.05, 3.63) is 12.2 Å². The van der Waals surface area contributed by atoms with Crippen LogP contribution in [0.3, 0.4) is 0 Å². The molecule has 0 aliphatic rings. The lowest BCUT2D eigenvalue weighted by atomic mass is 10.0. The van der Waals surface area contributed by atoms with Crippen LogP contribution in [0, 0.1) is 0 Å².